The number of esters is 1. The van der Waals surface area contributed by atoms with Crippen LogP contribution in [0.2, 0.25) is 0 Å². The second-order valence-electron chi connectivity index (χ2n) is 3.80. The van der Waals surface area contributed by atoms with Crippen LogP contribution in [0.15, 0.2) is 0 Å². The summed E-state index contributed by atoms with van der Waals surface area (Å²) in [6, 6.07) is 1.24. The quantitative estimate of drug-likeness (QED) is 0.606. The van der Waals surface area contributed by atoms with Gasteiger partial charge < -0.3 is 10.1 Å². The van der Waals surface area contributed by atoms with Gasteiger partial charge in [0, 0.05) is 25.2 Å². The molecule has 3 heterocycles. The minimum Gasteiger partial charge on any atom is -0.465 e. The molecule has 3 fully saturated rings. The number of nitrogens with zero attached hydrogens (tertiary/aromatic N) is 1. The van der Waals surface area contributed by atoms with E-state index in [0.717, 1.165) is 13.1 Å². The van der Waals surface area contributed by atoms with E-state index in [2.05, 4.69) is 10.2 Å². The molecule has 0 saturated carbocycles. The first-order valence-electron chi connectivity index (χ1n) is 4.92. The lowest BCUT2D eigenvalue weighted by Crippen LogP contribution is -2.67. The highest BCUT2D eigenvalue weighted by Gasteiger charge is 2.36. The Kier molecular flexibility index (Phi) is 2.51. The van der Waals surface area contributed by atoms with Gasteiger partial charge in [-0.25, -0.2) is 0 Å². The van der Waals surface area contributed by atoms with Gasteiger partial charge in [0.1, 0.15) is 0 Å². The smallest absolute Gasteiger partial charge is 0.320 e. The normalized spacial score (nSPS) is 32.4. The maximum atomic E-state index is 11.1. The van der Waals surface area contributed by atoms with Gasteiger partial charge in [-0.15, -0.1) is 0 Å². The van der Waals surface area contributed by atoms with Gasteiger partial charge >= 0.3 is 5.97 Å². The Morgan fingerprint density at radius 2 is 2.15 bits per heavy atom. The van der Waals surface area contributed by atoms with E-state index in [9.17, 15) is 4.79 Å². The monoisotopic (exact) mass is 184 g/mol. The number of piperazine rings is 1. The number of nitrogens with one attached hydrogen (secondary N) is 1. The van der Waals surface area contributed by atoms with Crippen LogP contribution in [-0.2, 0) is 9.53 Å². The molecule has 0 aromatic heterocycles. The summed E-state index contributed by atoms with van der Waals surface area (Å²) in [5, 5.41) is 3.42. The molecule has 3 aliphatic rings. The lowest BCUT2D eigenvalue weighted by Gasteiger charge is -2.47. The summed E-state index contributed by atoms with van der Waals surface area (Å²) in [4.78, 5) is 13.3. The molecule has 2 unspecified atom stereocenters. The van der Waals surface area contributed by atoms with Crippen LogP contribution in [-0.4, -0.2) is 49.2 Å². The predicted octanol–water partition coefficient (Wildman–Crippen LogP) is -0.404. The Morgan fingerprint density at radius 3 is 2.69 bits per heavy atom. The van der Waals surface area contributed by atoms with Crippen molar-refractivity contribution in [3.63, 3.8) is 0 Å². The highest BCUT2D eigenvalue weighted by atomic mass is 16.5. The fourth-order valence-corrected chi connectivity index (χ4v) is 2.12. The lowest BCUT2D eigenvalue weighted by molar-refractivity contribution is -0.145. The average Bonchev–Trinajstić information content (AvgIpc) is 2.02. The van der Waals surface area contributed by atoms with Crippen LogP contribution >= 0.6 is 0 Å². The van der Waals surface area contributed by atoms with Gasteiger partial charge in [0.05, 0.1) is 13.2 Å². The molecule has 2 atom stereocenters. The zero-order valence-corrected chi connectivity index (χ0v) is 7.95. The van der Waals surface area contributed by atoms with Crippen molar-refractivity contribution in [3.05, 3.63) is 0 Å². The molecule has 13 heavy (non-hydrogen) atoms. The summed E-state index contributed by atoms with van der Waals surface area (Å²) in [5.41, 5.74) is 0. The molecular formula is C9H16N2O2. The van der Waals surface area contributed by atoms with Crippen molar-refractivity contribution in [2.75, 3.05) is 26.2 Å². The van der Waals surface area contributed by atoms with E-state index in [-0.39, 0.29) is 5.97 Å². The third-order valence-corrected chi connectivity index (χ3v) is 2.66. The second kappa shape index (κ2) is 3.64. The van der Waals surface area contributed by atoms with Crippen LogP contribution in [0.25, 0.3) is 0 Å². The molecule has 0 aromatic carbocycles. The Bertz CT molecular complexity index is 192. The van der Waals surface area contributed by atoms with Crippen molar-refractivity contribution in [1.82, 2.24) is 10.2 Å². The number of fused-ring (bicyclic) bond motifs is 2. The summed E-state index contributed by atoms with van der Waals surface area (Å²) < 4.78 is 4.89. The first kappa shape index (κ1) is 8.97. The van der Waals surface area contributed by atoms with E-state index in [1.165, 1.54) is 6.42 Å². The number of rotatable bonds is 3. The number of ether oxygens (including phenoxy) is 1. The summed E-state index contributed by atoms with van der Waals surface area (Å²) in [6.45, 7) is 4.78. The largest absolute Gasteiger partial charge is 0.465 e. The van der Waals surface area contributed by atoms with Crippen molar-refractivity contribution in [1.29, 1.82) is 0 Å². The molecule has 1 N–H and O–H groups in total. The van der Waals surface area contributed by atoms with Gasteiger partial charge in [0.25, 0.3) is 0 Å². The SMILES string of the molecule is CCOC(=O)CN1CC2CC(C1)N2. The number of hydrogen-bond donors (Lipinski definition) is 1. The number of carbonyl (C=O) groups is 1. The van der Waals surface area contributed by atoms with Crippen LogP contribution in [0, 0.1) is 0 Å². The van der Waals surface area contributed by atoms with Crippen LogP contribution in [0.1, 0.15) is 13.3 Å². The first-order chi connectivity index (χ1) is 6.28. The molecule has 0 amide bonds. The minimum atomic E-state index is -0.0937. The number of hydrogen-bond acceptors (Lipinski definition) is 4. The van der Waals surface area contributed by atoms with Crippen molar-refractivity contribution >= 4 is 5.97 Å². The molecule has 3 saturated heterocycles. The van der Waals surface area contributed by atoms with Gasteiger partial charge in [-0.3, -0.25) is 9.69 Å². The lowest BCUT2D eigenvalue weighted by atomic mass is 9.91. The van der Waals surface area contributed by atoms with Crippen LogP contribution in [0.5, 0.6) is 0 Å². The second-order valence-corrected chi connectivity index (χ2v) is 3.80. The topological polar surface area (TPSA) is 41.6 Å². The van der Waals surface area contributed by atoms with Crippen LogP contribution in [0.3, 0.4) is 0 Å². The molecule has 3 aliphatic heterocycles. The van der Waals surface area contributed by atoms with Crippen LogP contribution < -0.4 is 5.32 Å². The maximum Gasteiger partial charge on any atom is 0.320 e. The Hall–Kier alpha value is -0.610. The van der Waals surface area contributed by atoms with E-state index in [0.29, 0.717) is 25.2 Å². The van der Waals surface area contributed by atoms with E-state index >= 15 is 0 Å². The minimum absolute atomic E-state index is 0.0937. The van der Waals surface area contributed by atoms with Crippen molar-refractivity contribution < 1.29 is 9.53 Å². The Labute approximate surface area is 78.2 Å². The molecule has 0 radical (unpaired) electrons. The van der Waals surface area contributed by atoms with Gasteiger partial charge in [-0.2, -0.15) is 0 Å². The van der Waals surface area contributed by atoms with Crippen molar-refractivity contribution in [2.45, 2.75) is 25.4 Å². The number of piperidine rings is 1. The summed E-state index contributed by atoms with van der Waals surface area (Å²) >= 11 is 0. The molecule has 4 nitrogen and oxygen atoms in total. The fraction of sp³-hybridized carbons (Fsp3) is 0.889. The Morgan fingerprint density at radius 1 is 1.54 bits per heavy atom. The third-order valence-electron chi connectivity index (χ3n) is 2.66. The number of carbonyl (C=O) groups excluding carboxylic acids is 1. The first-order valence-corrected chi connectivity index (χ1v) is 4.92. The molecule has 0 spiro atoms. The average molecular weight is 184 g/mol. The maximum absolute atomic E-state index is 11.1. The van der Waals surface area contributed by atoms with Gasteiger partial charge in [0.15, 0.2) is 0 Å². The van der Waals surface area contributed by atoms with E-state index in [4.69, 9.17) is 4.74 Å². The molecule has 0 aromatic rings. The zero-order valence-electron chi connectivity index (χ0n) is 7.95. The van der Waals surface area contributed by atoms with Crippen LogP contribution in [0.4, 0.5) is 0 Å². The zero-order chi connectivity index (χ0) is 9.26. The molecule has 2 bridgehead atoms. The van der Waals surface area contributed by atoms with Gasteiger partial charge in [0.2, 0.25) is 0 Å². The Balaban J connectivity index is 1.73. The molecule has 4 heteroatoms. The predicted molar refractivity (Wildman–Crippen MR) is 48.4 cm³/mol. The summed E-state index contributed by atoms with van der Waals surface area (Å²) in [5.74, 6) is -0.0937. The summed E-state index contributed by atoms with van der Waals surface area (Å²) in [7, 11) is 0. The fourth-order valence-electron chi connectivity index (χ4n) is 2.12. The molecule has 3 rings (SSSR count). The highest BCUT2D eigenvalue weighted by molar-refractivity contribution is 5.71. The van der Waals surface area contributed by atoms with Gasteiger partial charge in [-0.1, -0.05) is 0 Å². The van der Waals surface area contributed by atoms with Crippen molar-refractivity contribution in [3.8, 4) is 0 Å². The van der Waals surface area contributed by atoms with E-state index < -0.39 is 0 Å². The molecule has 0 aliphatic carbocycles. The van der Waals surface area contributed by atoms with E-state index in [1.807, 2.05) is 6.92 Å². The van der Waals surface area contributed by atoms with Gasteiger partial charge in [-0.05, 0) is 13.3 Å². The van der Waals surface area contributed by atoms with E-state index in [1.54, 1.807) is 0 Å². The third kappa shape index (κ3) is 2.00. The van der Waals surface area contributed by atoms with Crippen molar-refractivity contribution in [2.24, 2.45) is 0 Å². The summed E-state index contributed by atoms with van der Waals surface area (Å²) in [6.07, 6.45) is 1.28. The molecular weight excluding hydrogens is 168 g/mol. The molecule has 74 valence electrons. The standard InChI is InChI=1S/C9H16N2O2/c1-2-13-9(12)6-11-4-7-3-8(5-11)10-7/h7-8,10H,2-6H2,1H3. The highest BCUT2D eigenvalue weighted by Crippen LogP contribution is 2.20.